The lowest BCUT2D eigenvalue weighted by atomic mass is 9.83. The van der Waals surface area contributed by atoms with Crippen molar-refractivity contribution >= 4 is 11.5 Å². The fraction of sp³-hybridized carbons (Fsp3) is 0.438. The second-order valence-corrected chi connectivity index (χ2v) is 4.88. The number of ether oxygens (including phenoxy) is 1. The Morgan fingerprint density at radius 2 is 2.11 bits per heavy atom. The highest BCUT2D eigenvalue weighted by molar-refractivity contribution is 5.92. The predicted octanol–water partition coefficient (Wildman–Crippen LogP) is 3.59. The number of esters is 1. The third-order valence-corrected chi connectivity index (χ3v) is 3.41. The zero-order valence-corrected chi connectivity index (χ0v) is 11.4. The van der Waals surface area contributed by atoms with Crippen molar-refractivity contribution in [1.29, 1.82) is 0 Å². The minimum Gasteiger partial charge on any atom is -0.463 e. The lowest BCUT2D eigenvalue weighted by Crippen LogP contribution is -2.08. The molecule has 0 unspecified atom stereocenters. The molecule has 0 saturated carbocycles. The number of carbonyl (C=O) groups excluding carboxylic acids is 1. The van der Waals surface area contributed by atoms with Gasteiger partial charge < -0.3 is 4.74 Å². The third-order valence-electron chi connectivity index (χ3n) is 3.41. The normalized spacial score (nSPS) is 16.5. The van der Waals surface area contributed by atoms with E-state index in [1.807, 2.05) is 6.92 Å². The third kappa shape index (κ3) is 2.63. The number of fused-ring (bicyclic) bond motifs is 1. The summed E-state index contributed by atoms with van der Waals surface area (Å²) in [6.45, 7) is 6.52. The number of hydrogen-bond donors (Lipinski definition) is 0. The molecule has 2 heteroatoms. The summed E-state index contributed by atoms with van der Waals surface area (Å²) in [6.07, 6.45) is 4.86. The van der Waals surface area contributed by atoms with Crippen molar-refractivity contribution in [1.82, 2.24) is 0 Å². The number of benzene rings is 1. The number of carbonyl (C=O) groups is 1. The van der Waals surface area contributed by atoms with Crippen LogP contribution >= 0.6 is 0 Å². The Balaban J connectivity index is 2.41. The molecule has 18 heavy (non-hydrogen) atoms. The van der Waals surface area contributed by atoms with Gasteiger partial charge in [0, 0.05) is 6.08 Å². The number of rotatable bonds is 2. The molecule has 0 atom stereocenters. The van der Waals surface area contributed by atoms with E-state index in [4.69, 9.17) is 4.74 Å². The number of hydrogen-bond acceptors (Lipinski definition) is 2. The van der Waals surface area contributed by atoms with Gasteiger partial charge >= 0.3 is 5.97 Å². The van der Waals surface area contributed by atoms with Gasteiger partial charge in [0.25, 0.3) is 0 Å². The molecule has 1 aromatic rings. The second-order valence-electron chi connectivity index (χ2n) is 4.88. The molecule has 96 valence electrons. The van der Waals surface area contributed by atoms with Crippen molar-refractivity contribution in [3.05, 3.63) is 40.5 Å². The van der Waals surface area contributed by atoms with Crippen molar-refractivity contribution in [2.75, 3.05) is 6.61 Å². The van der Waals surface area contributed by atoms with Crippen LogP contribution in [-0.4, -0.2) is 12.6 Å². The Hall–Kier alpha value is -1.57. The second kappa shape index (κ2) is 5.38. The van der Waals surface area contributed by atoms with E-state index < -0.39 is 0 Å². The molecule has 0 spiro atoms. The molecular weight excluding hydrogens is 224 g/mol. The smallest absolute Gasteiger partial charge is 0.331 e. The van der Waals surface area contributed by atoms with Crippen LogP contribution < -0.4 is 0 Å². The molecule has 0 fully saturated rings. The van der Waals surface area contributed by atoms with E-state index in [0.717, 1.165) is 24.8 Å². The molecule has 1 aliphatic rings. The average molecular weight is 244 g/mol. The lowest BCUT2D eigenvalue weighted by Gasteiger charge is -2.21. The maximum atomic E-state index is 11.6. The Labute approximate surface area is 109 Å². The Bertz CT molecular complexity index is 498. The van der Waals surface area contributed by atoms with Crippen molar-refractivity contribution in [3.8, 4) is 0 Å². The van der Waals surface area contributed by atoms with Gasteiger partial charge in [0.05, 0.1) is 6.61 Å². The first-order valence-corrected chi connectivity index (χ1v) is 6.59. The van der Waals surface area contributed by atoms with Crippen LogP contribution in [0, 0.1) is 13.8 Å². The molecule has 0 heterocycles. The maximum absolute atomic E-state index is 11.6. The van der Waals surface area contributed by atoms with Crippen molar-refractivity contribution in [2.24, 2.45) is 0 Å². The summed E-state index contributed by atoms with van der Waals surface area (Å²) in [7, 11) is 0. The van der Waals surface area contributed by atoms with Gasteiger partial charge in [-0.05, 0) is 62.3 Å². The van der Waals surface area contributed by atoms with Crippen LogP contribution in [0.2, 0.25) is 0 Å². The highest BCUT2D eigenvalue weighted by Crippen LogP contribution is 2.33. The van der Waals surface area contributed by atoms with E-state index in [1.54, 1.807) is 6.08 Å². The molecule has 2 nitrogen and oxygen atoms in total. The van der Waals surface area contributed by atoms with Gasteiger partial charge in [0.1, 0.15) is 0 Å². The van der Waals surface area contributed by atoms with Crippen molar-refractivity contribution in [3.63, 3.8) is 0 Å². The van der Waals surface area contributed by atoms with Gasteiger partial charge in [0.2, 0.25) is 0 Å². The van der Waals surface area contributed by atoms with Gasteiger partial charge in [-0.1, -0.05) is 17.7 Å². The highest BCUT2D eigenvalue weighted by atomic mass is 16.5. The fourth-order valence-corrected chi connectivity index (χ4v) is 2.68. The molecule has 0 N–H and O–H groups in total. The van der Waals surface area contributed by atoms with Gasteiger partial charge in [-0.15, -0.1) is 0 Å². The van der Waals surface area contributed by atoms with Crippen LogP contribution in [0.1, 0.15) is 42.0 Å². The molecule has 1 aliphatic carbocycles. The molecule has 0 aromatic heterocycles. The Morgan fingerprint density at radius 3 is 2.83 bits per heavy atom. The summed E-state index contributed by atoms with van der Waals surface area (Å²) in [5, 5.41) is 0. The van der Waals surface area contributed by atoms with E-state index in [2.05, 4.69) is 26.0 Å². The summed E-state index contributed by atoms with van der Waals surface area (Å²) >= 11 is 0. The monoisotopic (exact) mass is 244 g/mol. The van der Waals surface area contributed by atoms with Gasteiger partial charge in [-0.25, -0.2) is 4.79 Å². The predicted molar refractivity (Wildman–Crippen MR) is 73.5 cm³/mol. The van der Waals surface area contributed by atoms with Crippen molar-refractivity contribution < 1.29 is 9.53 Å². The number of allylic oxidation sites excluding steroid dienone is 1. The van der Waals surface area contributed by atoms with E-state index in [9.17, 15) is 4.79 Å². The van der Waals surface area contributed by atoms with Gasteiger partial charge in [-0.2, -0.15) is 0 Å². The first-order chi connectivity index (χ1) is 8.61. The van der Waals surface area contributed by atoms with E-state index in [1.165, 1.54) is 22.3 Å². The van der Waals surface area contributed by atoms with Gasteiger partial charge in [-0.3, -0.25) is 0 Å². The summed E-state index contributed by atoms with van der Waals surface area (Å²) in [4.78, 5) is 11.6. The minimum absolute atomic E-state index is 0.223. The van der Waals surface area contributed by atoms with E-state index in [-0.39, 0.29) is 5.97 Å². The number of aryl methyl sites for hydroxylation is 2. The van der Waals surface area contributed by atoms with Crippen molar-refractivity contribution in [2.45, 2.75) is 40.0 Å². The van der Waals surface area contributed by atoms with Crippen LogP contribution in [0.3, 0.4) is 0 Å². The first-order valence-electron chi connectivity index (χ1n) is 6.59. The molecule has 0 saturated heterocycles. The maximum Gasteiger partial charge on any atom is 0.331 e. The SMILES string of the molecule is CCOC(=O)/C=C1/CCCc2c(C)cc(C)cc21. The summed E-state index contributed by atoms with van der Waals surface area (Å²) < 4.78 is 5.00. The molecular formula is C16H20O2. The van der Waals surface area contributed by atoms with E-state index in [0.29, 0.717) is 6.61 Å². The van der Waals surface area contributed by atoms with Crippen LogP contribution in [0.4, 0.5) is 0 Å². The zero-order valence-electron chi connectivity index (χ0n) is 11.4. The minimum atomic E-state index is -0.223. The van der Waals surface area contributed by atoms with Crippen LogP contribution in [-0.2, 0) is 16.0 Å². The Morgan fingerprint density at radius 1 is 1.33 bits per heavy atom. The molecule has 2 rings (SSSR count). The quantitative estimate of drug-likeness (QED) is 0.587. The van der Waals surface area contributed by atoms with Crippen LogP contribution in [0.25, 0.3) is 5.57 Å². The van der Waals surface area contributed by atoms with E-state index >= 15 is 0 Å². The summed E-state index contributed by atoms with van der Waals surface area (Å²) in [6, 6.07) is 4.40. The lowest BCUT2D eigenvalue weighted by molar-refractivity contribution is -0.137. The standard InChI is InChI=1S/C16H20O2/c1-4-18-16(17)10-13-6-5-7-14-12(3)8-11(2)9-15(13)14/h8-10H,4-7H2,1-3H3/b13-10-. The van der Waals surface area contributed by atoms with Gasteiger partial charge in [0.15, 0.2) is 0 Å². The highest BCUT2D eigenvalue weighted by Gasteiger charge is 2.17. The topological polar surface area (TPSA) is 26.3 Å². The zero-order chi connectivity index (χ0) is 13.1. The molecule has 1 aromatic carbocycles. The Kier molecular flexibility index (Phi) is 3.85. The molecule has 0 aliphatic heterocycles. The molecule has 0 bridgehead atoms. The molecule has 0 radical (unpaired) electrons. The van der Waals surface area contributed by atoms with Crippen LogP contribution in [0.5, 0.6) is 0 Å². The first kappa shape index (κ1) is 12.9. The molecule has 0 amide bonds. The largest absolute Gasteiger partial charge is 0.463 e. The fourth-order valence-electron chi connectivity index (χ4n) is 2.68. The summed E-state index contributed by atoms with van der Waals surface area (Å²) in [5.74, 6) is -0.223. The average Bonchev–Trinajstić information content (AvgIpc) is 2.30. The van der Waals surface area contributed by atoms with Crippen LogP contribution in [0.15, 0.2) is 18.2 Å². The summed E-state index contributed by atoms with van der Waals surface area (Å²) in [5.41, 5.74) is 6.35.